The largest absolute Gasteiger partial charge is 0.477 e. The van der Waals surface area contributed by atoms with Crippen LogP contribution in [-0.4, -0.2) is 191 Å². The number of halogens is 1. The zero-order chi connectivity index (χ0) is 57.1. The third kappa shape index (κ3) is 14.7. The highest BCUT2D eigenvalue weighted by molar-refractivity contribution is 5.93. The summed E-state index contributed by atoms with van der Waals surface area (Å²) in [6, 6.07) is 2.14. The Labute approximate surface area is 453 Å². The van der Waals surface area contributed by atoms with E-state index in [9.17, 15) is 39.6 Å². The molecule has 3 saturated heterocycles. The predicted octanol–water partition coefficient (Wildman–Crippen LogP) is 5.49. The Morgan fingerprint density at radius 1 is 0.948 bits per heavy atom. The molecule has 4 heterocycles. The number of aromatic carboxylic acids is 1. The molecule has 0 unspecified atom stereocenters. The Kier molecular flexibility index (Phi) is 20.8. The highest BCUT2D eigenvalue weighted by Gasteiger charge is 2.53. The van der Waals surface area contributed by atoms with Gasteiger partial charge < -0.3 is 78.0 Å². The Balaban J connectivity index is 1.16. The number of carbonyl (C=O) groups excluding carboxylic acids is 2. The van der Waals surface area contributed by atoms with Gasteiger partial charge in [0.25, 0.3) is 0 Å². The third-order valence-corrected chi connectivity index (χ3v) is 16.7. The fraction of sp³-hybridized carbons (Fsp3) is 0.786. The molecule has 3 aliphatic heterocycles. The van der Waals surface area contributed by atoms with Crippen molar-refractivity contribution < 1.29 is 77.1 Å². The predicted molar refractivity (Wildman–Crippen MR) is 284 cm³/mol. The number of carboxylic acid groups (broad SMARTS) is 1. The minimum Gasteiger partial charge on any atom is -0.477 e. The first kappa shape index (κ1) is 62.3. The quantitative estimate of drug-likeness (QED) is 0.0971. The number of fused-ring (bicyclic) bond motifs is 1. The number of aromatic nitrogens is 1. The van der Waals surface area contributed by atoms with Crippen LogP contribution in [0.4, 0.5) is 10.1 Å². The number of cyclic esters (lactones) is 1. The number of carboxylic acids is 1. The van der Waals surface area contributed by atoms with Crippen molar-refractivity contribution in [2.24, 2.45) is 17.8 Å². The molecule has 1 aliphatic carbocycles. The Bertz CT molecular complexity index is 2400. The van der Waals surface area contributed by atoms with Crippen LogP contribution in [0.3, 0.4) is 0 Å². The summed E-state index contributed by atoms with van der Waals surface area (Å²) in [5, 5.41) is 48.9. The van der Waals surface area contributed by atoms with Crippen LogP contribution in [0, 0.1) is 23.6 Å². The van der Waals surface area contributed by atoms with Gasteiger partial charge in [0.05, 0.1) is 66.8 Å². The van der Waals surface area contributed by atoms with Crippen molar-refractivity contribution in [1.82, 2.24) is 14.4 Å². The highest BCUT2D eigenvalue weighted by Crippen LogP contribution is 2.42. The maximum Gasteiger partial charge on any atom is 0.341 e. The molecule has 20 nitrogen and oxygen atoms in total. The molecule has 436 valence electrons. The van der Waals surface area contributed by atoms with Crippen LogP contribution in [0.2, 0.25) is 0 Å². The number of aliphatic hydroxyl groups is 3. The first-order valence-electron chi connectivity index (χ1n) is 27.5. The second-order valence-electron chi connectivity index (χ2n) is 23.5. The number of ether oxygens (including phenoxy) is 8. The molecular formula is C56H89FN4O16. The van der Waals surface area contributed by atoms with Crippen molar-refractivity contribution in [3.63, 3.8) is 0 Å². The molecule has 21 heteroatoms. The molecule has 17 atom stereocenters. The van der Waals surface area contributed by atoms with Crippen molar-refractivity contribution in [2.45, 2.75) is 211 Å². The molecule has 1 saturated carbocycles. The first-order chi connectivity index (χ1) is 36.0. The zero-order valence-electron chi connectivity index (χ0n) is 47.8. The van der Waals surface area contributed by atoms with Gasteiger partial charge in [-0.3, -0.25) is 14.4 Å². The van der Waals surface area contributed by atoms with E-state index in [1.807, 2.05) is 46.8 Å². The van der Waals surface area contributed by atoms with Gasteiger partial charge in [-0.25, -0.2) is 9.18 Å². The maximum absolute atomic E-state index is 15.2. The normalized spacial score (nSPS) is 37.2. The lowest BCUT2D eigenvalue weighted by Crippen LogP contribution is -2.60. The molecule has 0 spiro atoms. The lowest BCUT2D eigenvalue weighted by molar-refractivity contribution is -0.310. The van der Waals surface area contributed by atoms with Gasteiger partial charge in [-0.05, 0) is 120 Å². The third-order valence-electron chi connectivity index (χ3n) is 16.7. The number of pyridine rings is 1. The number of anilines is 1. The van der Waals surface area contributed by atoms with Gasteiger partial charge >= 0.3 is 17.9 Å². The summed E-state index contributed by atoms with van der Waals surface area (Å²) in [4.78, 5) is 56.7. The van der Waals surface area contributed by atoms with E-state index >= 15 is 4.39 Å². The van der Waals surface area contributed by atoms with Crippen LogP contribution in [-0.2, 0) is 47.5 Å². The van der Waals surface area contributed by atoms with E-state index in [2.05, 4.69) is 10.2 Å². The van der Waals surface area contributed by atoms with Crippen LogP contribution in [0.15, 0.2) is 23.1 Å². The smallest absolute Gasteiger partial charge is 0.341 e. The molecule has 0 bridgehead atoms. The molecular weight excluding hydrogens is 1000 g/mol. The van der Waals surface area contributed by atoms with Gasteiger partial charge in [-0.15, -0.1) is 0 Å². The van der Waals surface area contributed by atoms with Gasteiger partial charge in [-0.2, -0.15) is 0 Å². The number of carbonyl (C=O) groups is 3. The van der Waals surface area contributed by atoms with E-state index in [0.29, 0.717) is 18.5 Å². The van der Waals surface area contributed by atoms with E-state index in [1.54, 1.807) is 46.1 Å². The average Bonchev–Trinajstić information content (AvgIpc) is 4.20. The maximum atomic E-state index is 15.2. The van der Waals surface area contributed by atoms with E-state index in [-0.39, 0.29) is 80.6 Å². The van der Waals surface area contributed by atoms with E-state index in [4.69, 9.17) is 37.9 Å². The number of methoxy groups -OCH3 is 1. The molecule has 1 aromatic carbocycles. The lowest BCUT2D eigenvalue weighted by atomic mass is 9.77. The molecule has 0 radical (unpaired) electrons. The summed E-state index contributed by atoms with van der Waals surface area (Å²) in [6.07, 6.45) is -3.47. The summed E-state index contributed by atoms with van der Waals surface area (Å²) >= 11 is 0. The van der Waals surface area contributed by atoms with Crippen LogP contribution >= 0.6 is 0 Å². The second kappa shape index (κ2) is 25.7. The van der Waals surface area contributed by atoms with Crippen molar-refractivity contribution in [3.8, 4) is 0 Å². The van der Waals surface area contributed by atoms with Crippen LogP contribution in [0.25, 0.3) is 10.9 Å². The fourth-order valence-corrected chi connectivity index (χ4v) is 11.9. The highest BCUT2D eigenvalue weighted by atomic mass is 19.1. The van der Waals surface area contributed by atoms with Gasteiger partial charge in [0.1, 0.15) is 34.8 Å². The number of rotatable bonds is 17. The van der Waals surface area contributed by atoms with Gasteiger partial charge in [-0.1, -0.05) is 20.8 Å². The van der Waals surface area contributed by atoms with Crippen LogP contribution < -0.4 is 10.7 Å². The summed E-state index contributed by atoms with van der Waals surface area (Å²) in [5.74, 6) is -5.33. The molecule has 0 amide bonds. The molecule has 4 fully saturated rings. The number of benzene rings is 1. The van der Waals surface area contributed by atoms with Gasteiger partial charge in [0.2, 0.25) is 5.43 Å². The Morgan fingerprint density at radius 3 is 2.26 bits per heavy atom. The molecule has 77 heavy (non-hydrogen) atoms. The molecule has 4 aliphatic rings. The number of esters is 2. The summed E-state index contributed by atoms with van der Waals surface area (Å²) in [7, 11) is 7.36. The van der Waals surface area contributed by atoms with Crippen molar-refractivity contribution in [1.29, 1.82) is 0 Å². The summed E-state index contributed by atoms with van der Waals surface area (Å²) in [5.41, 5.74) is -5.18. The topological polar surface area (TPSA) is 246 Å². The summed E-state index contributed by atoms with van der Waals surface area (Å²) in [6.45, 7) is 18.4. The average molecular weight is 1090 g/mol. The number of hydrogen-bond acceptors (Lipinski definition) is 18. The zero-order valence-corrected chi connectivity index (χ0v) is 47.8. The SMILES string of the molecule is CC[C@H]1OC(=O)[C@H](C)[C@@H](O[C@H]2C[C@@](C)(OC)[C@@H](OC(=O)CCOCCNc3cc4c(cc3F)c(=O)c(C(=O)O)cn4C3CC3)[C@H](C)O2)[C@H](C)[C@@H](O[C@H]2C[C@@H](N(C)C)C[C@@H](C)O2)[C@](C)(O)C[C@@H](C)CN(C)[C@H](C)[C@@H](O)[C@]1(C)O. The first-order valence-corrected chi connectivity index (χ1v) is 27.5. The van der Waals surface area contributed by atoms with E-state index in [1.165, 1.54) is 26.3 Å². The van der Waals surface area contributed by atoms with Gasteiger partial charge in [0, 0.05) is 68.7 Å². The van der Waals surface area contributed by atoms with Crippen molar-refractivity contribution in [3.05, 3.63) is 39.9 Å². The monoisotopic (exact) mass is 1090 g/mol. The number of likely N-dealkylation sites (N-methyl/N-ethyl adjacent to an activating group) is 1. The van der Waals surface area contributed by atoms with Crippen molar-refractivity contribution in [2.75, 3.05) is 59.9 Å². The fourth-order valence-electron chi connectivity index (χ4n) is 11.9. The number of nitrogens with one attached hydrogen (secondary N) is 1. The molecule has 1 aromatic heterocycles. The van der Waals surface area contributed by atoms with Crippen LogP contribution in [0.1, 0.15) is 137 Å². The molecule has 2 aromatic rings. The summed E-state index contributed by atoms with van der Waals surface area (Å²) < 4.78 is 67.7. The minimum absolute atomic E-state index is 0.0153. The molecule has 6 rings (SSSR count). The minimum atomic E-state index is -1.85. The van der Waals surface area contributed by atoms with Crippen LogP contribution in [0.5, 0.6) is 0 Å². The number of hydrogen-bond donors (Lipinski definition) is 5. The Hall–Kier alpha value is -3.87. The Morgan fingerprint density at radius 2 is 1.64 bits per heavy atom. The van der Waals surface area contributed by atoms with E-state index in [0.717, 1.165) is 25.3 Å². The second-order valence-corrected chi connectivity index (χ2v) is 23.5. The number of aliphatic hydroxyl groups excluding tert-OH is 1. The lowest BCUT2D eigenvalue weighted by Gasteiger charge is -2.48. The number of nitrogens with zero attached hydrogens (tertiary/aromatic N) is 3. The van der Waals surface area contributed by atoms with Gasteiger partial charge in [0.15, 0.2) is 18.7 Å². The van der Waals surface area contributed by atoms with E-state index < -0.39 is 119 Å². The van der Waals surface area contributed by atoms with Crippen molar-refractivity contribution >= 4 is 34.5 Å². The molecule has 5 N–H and O–H groups in total. The standard InChI is InChI=1S/C56H89FN4O16/c1-15-43-56(10,69)49(64)34(6)60(13)28-30(2)26-54(8,68)50(77-45-23-37(59(11)12)22-31(3)72-45)32(4)48(33(5)53(67)74-43)76-46-27-55(9,70-14)51(35(7)73-46)75-44(62)18-20-71-21-19-58-41-25-42-38(24-40(41)57)47(63)39(52(65)66)29-61(42)36-16-17-36/h24-25,29-37,43,45-46,48-51,58,64,68-69H,15-23,26-28H2,1-14H3,(H,65,66)/t30-,31-,32+,33-,34-,35+,37+,43-,45+,46+,48+,49-,50-,51+,54-,55-,56-/m1/s1.